The summed E-state index contributed by atoms with van der Waals surface area (Å²) in [5.74, 6) is 1.84. The third-order valence-corrected chi connectivity index (χ3v) is 5.31. The Morgan fingerprint density at radius 1 is 1.28 bits per heavy atom. The lowest BCUT2D eigenvalue weighted by Crippen LogP contribution is -2.34. The largest absolute Gasteiger partial charge is 0.465 e. The van der Waals surface area contributed by atoms with Crippen molar-refractivity contribution >= 4 is 11.9 Å². The number of hydrogen-bond donors (Lipinski definition) is 0. The van der Waals surface area contributed by atoms with Gasteiger partial charge in [0.15, 0.2) is 0 Å². The zero-order valence-electron chi connectivity index (χ0n) is 16.0. The molecule has 0 bridgehead atoms. The third kappa shape index (κ3) is 5.10. The molecule has 2 rings (SSSR count). The Labute approximate surface area is 150 Å². The molecule has 1 amide bonds. The van der Waals surface area contributed by atoms with Crippen molar-refractivity contribution in [1.82, 2.24) is 4.90 Å². The number of nitrogens with zero attached hydrogens (tertiary/aromatic N) is 1. The van der Waals surface area contributed by atoms with Gasteiger partial charge in [-0.25, -0.2) is 4.79 Å². The molecule has 0 N–H and O–H groups in total. The smallest absolute Gasteiger partial charge is 0.341 e. The normalized spacial score (nSPS) is 20.3. The molecule has 1 saturated carbocycles. The maximum absolute atomic E-state index is 12.7. The van der Waals surface area contributed by atoms with E-state index in [1.807, 2.05) is 0 Å². The van der Waals surface area contributed by atoms with E-state index in [0.717, 1.165) is 31.6 Å². The van der Waals surface area contributed by atoms with Crippen LogP contribution in [0.3, 0.4) is 0 Å². The van der Waals surface area contributed by atoms with Crippen LogP contribution in [0.25, 0.3) is 0 Å². The van der Waals surface area contributed by atoms with Crippen LogP contribution in [0.1, 0.15) is 73.7 Å². The molecule has 140 valence electrons. The molecule has 0 aliphatic heterocycles. The lowest BCUT2D eigenvalue weighted by Gasteiger charge is -2.30. The lowest BCUT2D eigenvalue weighted by atomic mass is 9.79. The van der Waals surface area contributed by atoms with Gasteiger partial charge >= 0.3 is 5.97 Å². The summed E-state index contributed by atoms with van der Waals surface area (Å²) in [7, 11) is 3.15. The van der Waals surface area contributed by atoms with E-state index in [1.165, 1.54) is 26.4 Å². The van der Waals surface area contributed by atoms with E-state index in [4.69, 9.17) is 9.15 Å². The van der Waals surface area contributed by atoms with Crippen molar-refractivity contribution in [2.75, 3.05) is 14.2 Å². The number of hydrogen-bond acceptors (Lipinski definition) is 4. The van der Waals surface area contributed by atoms with E-state index in [0.29, 0.717) is 23.6 Å². The molecule has 5 heteroatoms. The van der Waals surface area contributed by atoms with Crippen LogP contribution in [-0.2, 0) is 16.1 Å². The lowest BCUT2D eigenvalue weighted by molar-refractivity contribution is -0.136. The van der Waals surface area contributed by atoms with Gasteiger partial charge in [0.1, 0.15) is 17.1 Å². The first-order valence-corrected chi connectivity index (χ1v) is 9.38. The van der Waals surface area contributed by atoms with E-state index in [2.05, 4.69) is 6.92 Å². The number of rotatable bonds is 7. The van der Waals surface area contributed by atoms with E-state index in [1.54, 1.807) is 24.9 Å². The molecule has 0 spiro atoms. The maximum atomic E-state index is 12.7. The molecule has 1 aromatic heterocycles. The van der Waals surface area contributed by atoms with Gasteiger partial charge in [-0.1, -0.05) is 26.2 Å². The molecular weight excluding hydrogens is 318 g/mol. The van der Waals surface area contributed by atoms with Crippen LogP contribution in [0.15, 0.2) is 10.5 Å². The number of esters is 1. The molecule has 0 radical (unpaired) electrons. The Hall–Kier alpha value is -1.78. The molecule has 1 aliphatic rings. The second kappa shape index (κ2) is 9.07. The van der Waals surface area contributed by atoms with Gasteiger partial charge in [-0.3, -0.25) is 4.79 Å². The van der Waals surface area contributed by atoms with Gasteiger partial charge in [0.2, 0.25) is 5.91 Å². The average Bonchev–Trinajstić information content (AvgIpc) is 2.99. The summed E-state index contributed by atoms with van der Waals surface area (Å²) in [6.45, 7) is 4.34. The quantitative estimate of drug-likeness (QED) is 0.688. The number of aryl methyl sites for hydroxylation is 1. The standard InChI is InChI=1S/C20H31NO4/c1-5-6-7-15-8-10-16(11-9-15)19(22)21(3)13-17-12-18(14(2)25-17)20(23)24-4/h12,15-16H,5-11,13H2,1-4H3. The fraction of sp³-hybridized carbons (Fsp3) is 0.700. The Balaban J connectivity index is 1.88. The summed E-state index contributed by atoms with van der Waals surface area (Å²) in [4.78, 5) is 26.1. The second-order valence-corrected chi connectivity index (χ2v) is 7.23. The number of carbonyl (C=O) groups excluding carboxylic acids is 2. The molecule has 1 aliphatic carbocycles. The number of methoxy groups -OCH3 is 1. The number of ether oxygens (including phenoxy) is 1. The minimum absolute atomic E-state index is 0.124. The van der Waals surface area contributed by atoms with Crippen LogP contribution in [0, 0.1) is 18.8 Å². The molecule has 5 nitrogen and oxygen atoms in total. The summed E-state index contributed by atoms with van der Waals surface area (Å²) < 4.78 is 10.3. The molecule has 1 heterocycles. The van der Waals surface area contributed by atoms with Gasteiger partial charge in [0.05, 0.1) is 13.7 Å². The summed E-state index contributed by atoms with van der Waals surface area (Å²) in [6, 6.07) is 1.67. The predicted molar refractivity (Wildman–Crippen MR) is 96.2 cm³/mol. The number of furan rings is 1. The zero-order chi connectivity index (χ0) is 18.4. The molecule has 1 aromatic rings. The minimum Gasteiger partial charge on any atom is -0.465 e. The van der Waals surface area contributed by atoms with E-state index < -0.39 is 5.97 Å². The van der Waals surface area contributed by atoms with Gasteiger partial charge in [-0.05, 0) is 44.6 Å². The first-order chi connectivity index (χ1) is 12.0. The first kappa shape index (κ1) is 19.5. The second-order valence-electron chi connectivity index (χ2n) is 7.23. The van der Waals surface area contributed by atoms with Crippen LogP contribution in [0.5, 0.6) is 0 Å². The van der Waals surface area contributed by atoms with Crippen LogP contribution in [0.4, 0.5) is 0 Å². The summed E-state index contributed by atoms with van der Waals surface area (Å²) in [5.41, 5.74) is 0.426. The summed E-state index contributed by atoms with van der Waals surface area (Å²) in [5, 5.41) is 0. The van der Waals surface area contributed by atoms with Crippen LogP contribution in [-0.4, -0.2) is 30.9 Å². The van der Waals surface area contributed by atoms with Crippen molar-refractivity contribution in [3.8, 4) is 0 Å². The maximum Gasteiger partial charge on any atom is 0.341 e. The van der Waals surface area contributed by atoms with Crippen molar-refractivity contribution in [3.63, 3.8) is 0 Å². The molecule has 0 unspecified atom stereocenters. The summed E-state index contributed by atoms with van der Waals surface area (Å²) >= 11 is 0. The Morgan fingerprint density at radius 2 is 1.96 bits per heavy atom. The van der Waals surface area contributed by atoms with Gasteiger partial charge in [0, 0.05) is 13.0 Å². The van der Waals surface area contributed by atoms with Gasteiger partial charge in [0.25, 0.3) is 0 Å². The highest BCUT2D eigenvalue weighted by molar-refractivity contribution is 5.90. The Bertz CT molecular complexity index is 585. The molecule has 1 fully saturated rings. The Kier molecular flexibility index (Phi) is 7.09. The predicted octanol–water partition coefficient (Wildman–Crippen LogP) is 4.33. The highest BCUT2D eigenvalue weighted by atomic mass is 16.5. The monoisotopic (exact) mass is 349 g/mol. The van der Waals surface area contributed by atoms with Gasteiger partial charge < -0.3 is 14.1 Å². The number of amides is 1. The van der Waals surface area contributed by atoms with Gasteiger partial charge in [-0.15, -0.1) is 0 Å². The molecule has 0 aromatic carbocycles. The third-order valence-electron chi connectivity index (χ3n) is 5.31. The molecule has 25 heavy (non-hydrogen) atoms. The highest BCUT2D eigenvalue weighted by Gasteiger charge is 2.28. The fourth-order valence-electron chi connectivity index (χ4n) is 3.75. The zero-order valence-corrected chi connectivity index (χ0v) is 16.0. The number of carbonyl (C=O) groups is 2. The topological polar surface area (TPSA) is 59.8 Å². The van der Waals surface area contributed by atoms with Crippen molar-refractivity contribution in [1.29, 1.82) is 0 Å². The number of unbranched alkanes of at least 4 members (excludes halogenated alkanes) is 1. The van der Waals surface area contributed by atoms with Crippen LogP contribution < -0.4 is 0 Å². The van der Waals surface area contributed by atoms with E-state index in [9.17, 15) is 9.59 Å². The molecular formula is C20H31NO4. The van der Waals surface area contributed by atoms with Crippen LogP contribution in [0.2, 0.25) is 0 Å². The fourth-order valence-corrected chi connectivity index (χ4v) is 3.75. The van der Waals surface area contributed by atoms with Crippen LogP contribution >= 0.6 is 0 Å². The minimum atomic E-state index is -0.410. The van der Waals surface area contributed by atoms with E-state index >= 15 is 0 Å². The SMILES string of the molecule is CCCCC1CCC(C(=O)N(C)Cc2cc(C(=O)OC)c(C)o2)CC1. The van der Waals surface area contributed by atoms with Crippen molar-refractivity contribution in [2.45, 2.75) is 65.3 Å². The molecule has 0 atom stereocenters. The Morgan fingerprint density at radius 3 is 2.56 bits per heavy atom. The first-order valence-electron chi connectivity index (χ1n) is 9.38. The average molecular weight is 349 g/mol. The molecule has 0 saturated heterocycles. The van der Waals surface area contributed by atoms with Crippen molar-refractivity contribution in [2.24, 2.45) is 11.8 Å². The highest BCUT2D eigenvalue weighted by Crippen LogP contribution is 2.33. The van der Waals surface area contributed by atoms with Gasteiger partial charge in [-0.2, -0.15) is 0 Å². The summed E-state index contributed by atoms with van der Waals surface area (Å²) in [6.07, 6.45) is 8.15. The van der Waals surface area contributed by atoms with E-state index in [-0.39, 0.29) is 11.8 Å². The van der Waals surface area contributed by atoms with Crippen molar-refractivity contribution in [3.05, 3.63) is 23.2 Å². The van der Waals surface area contributed by atoms with Crippen molar-refractivity contribution < 1.29 is 18.7 Å².